The first-order valence-electron chi connectivity index (χ1n) is 6.33. The lowest BCUT2D eigenvalue weighted by Gasteiger charge is -2.12. The summed E-state index contributed by atoms with van der Waals surface area (Å²) in [6, 6.07) is 18.0. The normalized spacial score (nSPS) is 10.8. The van der Waals surface area contributed by atoms with Crippen molar-refractivity contribution in [3.63, 3.8) is 0 Å². The number of fused-ring (bicyclic) bond motifs is 1. The molecule has 0 aliphatic carbocycles. The predicted molar refractivity (Wildman–Crippen MR) is 79.4 cm³/mol. The number of hydrogen-bond acceptors (Lipinski definition) is 1. The predicted octanol–water partition coefficient (Wildman–Crippen LogP) is 3.51. The van der Waals surface area contributed by atoms with Crippen LogP contribution in [0.4, 0.5) is 0 Å². The van der Waals surface area contributed by atoms with Crippen LogP contribution in [-0.2, 0) is 7.05 Å². The van der Waals surface area contributed by atoms with Crippen molar-refractivity contribution in [1.82, 2.24) is 4.57 Å². The molecule has 0 aliphatic rings. The van der Waals surface area contributed by atoms with Gasteiger partial charge in [-0.15, -0.1) is 0 Å². The van der Waals surface area contributed by atoms with Gasteiger partial charge >= 0.3 is 0 Å². The standard InChI is InChI=1S/C17H15NO/c1-12-11-16(19)18(2)17-14(12)9-6-10-15(17)13-7-4-3-5-8-13/h3-11H,1-2H3. The van der Waals surface area contributed by atoms with Crippen LogP contribution in [0.2, 0.25) is 0 Å². The van der Waals surface area contributed by atoms with Crippen LogP contribution in [0.1, 0.15) is 5.56 Å². The van der Waals surface area contributed by atoms with Crippen molar-refractivity contribution in [2.24, 2.45) is 7.05 Å². The second-order valence-electron chi connectivity index (χ2n) is 4.79. The third kappa shape index (κ3) is 1.85. The molecule has 0 saturated carbocycles. The summed E-state index contributed by atoms with van der Waals surface area (Å²) in [7, 11) is 1.83. The summed E-state index contributed by atoms with van der Waals surface area (Å²) in [6.07, 6.45) is 0. The van der Waals surface area contributed by atoms with Gasteiger partial charge in [0.2, 0.25) is 0 Å². The third-order valence-corrected chi connectivity index (χ3v) is 3.55. The Bertz CT molecular complexity index is 801. The van der Waals surface area contributed by atoms with Crippen LogP contribution in [0.5, 0.6) is 0 Å². The molecule has 0 bridgehead atoms. The average molecular weight is 249 g/mol. The van der Waals surface area contributed by atoms with Crippen molar-refractivity contribution in [3.05, 3.63) is 70.5 Å². The molecule has 1 heterocycles. The second kappa shape index (κ2) is 4.39. The smallest absolute Gasteiger partial charge is 0.251 e. The summed E-state index contributed by atoms with van der Waals surface area (Å²) >= 11 is 0. The van der Waals surface area contributed by atoms with Crippen molar-refractivity contribution >= 4 is 10.9 Å². The van der Waals surface area contributed by atoms with Crippen molar-refractivity contribution in [3.8, 4) is 11.1 Å². The van der Waals surface area contributed by atoms with Crippen LogP contribution in [0, 0.1) is 6.92 Å². The zero-order valence-corrected chi connectivity index (χ0v) is 11.1. The van der Waals surface area contributed by atoms with E-state index in [1.807, 2.05) is 38.2 Å². The van der Waals surface area contributed by atoms with Crippen molar-refractivity contribution in [2.75, 3.05) is 0 Å². The molecule has 0 N–H and O–H groups in total. The molecule has 0 aliphatic heterocycles. The van der Waals surface area contributed by atoms with E-state index in [2.05, 4.69) is 24.3 Å². The first-order chi connectivity index (χ1) is 9.18. The van der Waals surface area contributed by atoms with Gasteiger partial charge in [-0.05, 0) is 18.1 Å². The molecule has 0 saturated heterocycles. The van der Waals surface area contributed by atoms with Crippen LogP contribution in [0.25, 0.3) is 22.0 Å². The molecule has 2 aromatic carbocycles. The molecule has 3 aromatic rings. The Morgan fingerprint density at radius 1 is 0.947 bits per heavy atom. The Morgan fingerprint density at radius 2 is 1.68 bits per heavy atom. The van der Waals surface area contributed by atoms with Gasteiger partial charge in [0, 0.05) is 24.1 Å². The molecule has 0 unspecified atom stereocenters. The van der Waals surface area contributed by atoms with E-state index < -0.39 is 0 Å². The molecule has 0 amide bonds. The van der Waals surface area contributed by atoms with Crippen LogP contribution in [0.15, 0.2) is 59.4 Å². The van der Waals surface area contributed by atoms with Crippen LogP contribution in [-0.4, -0.2) is 4.57 Å². The Morgan fingerprint density at radius 3 is 2.42 bits per heavy atom. The maximum atomic E-state index is 12.0. The second-order valence-corrected chi connectivity index (χ2v) is 4.79. The number of nitrogens with zero attached hydrogens (tertiary/aromatic N) is 1. The van der Waals surface area contributed by atoms with Gasteiger partial charge in [0.15, 0.2) is 0 Å². The molecular weight excluding hydrogens is 234 g/mol. The molecule has 1 aromatic heterocycles. The zero-order valence-electron chi connectivity index (χ0n) is 11.1. The highest BCUT2D eigenvalue weighted by Gasteiger charge is 2.09. The Labute approximate surface area is 111 Å². The van der Waals surface area contributed by atoms with Crippen molar-refractivity contribution in [1.29, 1.82) is 0 Å². The van der Waals surface area contributed by atoms with E-state index in [0.717, 1.165) is 27.6 Å². The molecule has 0 fully saturated rings. The number of rotatable bonds is 1. The highest BCUT2D eigenvalue weighted by Crippen LogP contribution is 2.28. The summed E-state index contributed by atoms with van der Waals surface area (Å²) in [4.78, 5) is 12.0. The fraction of sp³-hybridized carbons (Fsp3) is 0.118. The Kier molecular flexibility index (Phi) is 2.71. The van der Waals surface area contributed by atoms with Gasteiger partial charge in [0.05, 0.1) is 5.52 Å². The number of aromatic nitrogens is 1. The topological polar surface area (TPSA) is 22.0 Å². The minimum Gasteiger partial charge on any atom is -0.311 e. The first kappa shape index (κ1) is 11.7. The highest BCUT2D eigenvalue weighted by molar-refractivity contribution is 5.95. The molecule has 3 rings (SSSR count). The van der Waals surface area contributed by atoms with E-state index in [9.17, 15) is 4.79 Å². The molecule has 19 heavy (non-hydrogen) atoms. The van der Waals surface area contributed by atoms with Crippen LogP contribution < -0.4 is 5.56 Å². The van der Waals surface area contributed by atoms with Gasteiger partial charge in [0.25, 0.3) is 5.56 Å². The minimum atomic E-state index is 0.0355. The summed E-state index contributed by atoms with van der Waals surface area (Å²) in [6.45, 7) is 1.98. The maximum Gasteiger partial charge on any atom is 0.251 e. The molecule has 0 atom stereocenters. The molecule has 94 valence electrons. The monoisotopic (exact) mass is 249 g/mol. The minimum absolute atomic E-state index is 0.0355. The van der Waals surface area contributed by atoms with E-state index in [0.29, 0.717) is 0 Å². The number of hydrogen-bond donors (Lipinski definition) is 0. The molecule has 0 spiro atoms. The maximum absolute atomic E-state index is 12.0. The van der Waals surface area contributed by atoms with E-state index in [1.54, 1.807) is 10.6 Å². The summed E-state index contributed by atoms with van der Waals surface area (Å²) in [5, 5.41) is 1.13. The Balaban J connectivity index is 2.48. The molecular formula is C17H15NO. The SMILES string of the molecule is Cc1cc(=O)n(C)c2c(-c3ccccc3)cccc12. The number of benzene rings is 2. The van der Waals surface area contributed by atoms with Gasteiger partial charge in [-0.1, -0.05) is 48.5 Å². The lowest BCUT2D eigenvalue weighted by Crippen LogP contribution is -2.17. The largest absolute Gasteiger partial charge is 0.311 e. The van der Waals surface area contributed by atoms with Crippen molar-refractivity contribution < 1.29 is 0 Å². The fourth-order valence-corrected chi connectivity index (χ4v) is 2.54. The molecule has 2 nitrogen and oxygen atoms in total. The first-order valence-corrected chi connectivity index (χ1v) is 6.33. The highest BCUT2D eigenvalue weighted by atomic mass is 16.1. The summed E-state index contributed by atoms with van der Waals surface area (Å²) in [5.74, 6) is 0. The van der Waals surface area contributed by atoms with Gasteiger partial charge in [0.1, 0.15) is 0 Å². The van der Waals surface area contributed by atoms with E-state index in [-0.39, 0.29) is 5.56 Å². The lowest BCUT2D eigenvalue weighted by molar-refractivity contribution is 0.904. The van der Waals surface area contributed by atoms with Gasteiger partial charge in [-0.25, -0.2) is 0 Å². The van der Waals surface area contributed by atoms with Crippen LogP contribution >= 0.6 is 0 Å². The third-order valence-electron chi connectivity index (χ3n) is 3.55. The van der Waals surface area contributed by atoms with E-state index >= 15 is 0 Å². The van der Waals surface area contributed by atoms with Gasteiger partial charge in [-0.2, -0.15) is 0 Å². The fourth-order valence-electron chi connectivity index (χ4n) is 2.54. The number of para-hydroxylation sites is 1. The van der Waals surface area contributed by atoms with Crippen LogP contribution in [0.3, 0.4) is 0 Å². The number of pyridine rings is 1. The van der Waals surface area contributed by atoms with Crippen molar-refractivity contribution in [2.45, 2.75) is 6.92 Å². The lowest BCUT2D eigenvalue weighted by atomic mass is 10.00. The summed E-state index contributed by atoms with van der Waals surface area (Å²) in [5.41, 5.74) is 4.29. The van der Waals surface area contributed by atoms with Gasteiger partial charge in [-0.3, -0.25) is 4.79 Å². The molecule has 0 radical (unpaired) electrons. The number of aryl methyl sites for hydroxylation is 2. The summed E-state index contributed by atoms with van der Waals surface area (Å²) < 4.78 is 1.73. The van der Waals surface area contributed by atoms with E-state index in [4.69, 9.17) is 0 Å². The Hall–Kier alpha value is -2.35. The quantitative estimate of drug-likeness (QED) is 0.647. The zero-order chi connectivity index (χ0) is 13.4. The average Bonchev–Trinajstić information content (AvgIpc) is 2.45. The molecule has 2 heteroatoms. The van der Waals surface area contributed by atoms with E-state index in [1.165, 1.54) is 0 Å². The van der Waals surface area contributed by atoms with Gasteiger partial charge < -0.3 is 4.57 Å².